The molecule has 0 atom stereocenters. The van der Waals surface area contributed by atoms with Crippen LogP contribution in [0.5, 0.6) is 0 Å². The summed E-state index contributed by atoms with van der Waals surface area (Å²) in [5.41, 5.74) is 0.390. The molecule has 3 heterocycles. The number of nitrogens with zero attached hydrogens (tertiary/aromatic N) is 4. The summed E-state index contributed by atoms with van der Waals surface area (Å²) in [6.07, 6.45) is -3.61. The Kier molecular flexibility index (Phi) is 4.68. The number of alkyl halides is 3. The van der Waals surface area contributed by atoms with Gasteiger partial charge in [-0.1, -0.05) is 12.1 Å². The highest BCUT2D eigenvalue weighted by molar-refractivity contribution is 5.95. The van der Waals surface area contributed by atoms with E-state index in [1.54, 1.807) is 30.0 Å². The van der Waals surface area contributed by atoms with Crippen LogP contribution in [0.2, 0.25) is 0 Å². The van der Waals surface area contributed by atoms with Gasteiger partial charge in [-0.05, 0) is 31.2 Å². The molecule has 4 rings (SSSR count). The van der Waals surface area contributed by atoms with Gasteiger partial charge in [0.2, 0.25) is 0 Å². The third kappa shape index (κ3) is 3.52. The zero-order valence-corrected chi connectivity index (χ0v) is 15.6. The van der Waals surface area contributed by atoms with Crippen LogP contribution in [-0.4, -0.2) is 46.4 Å². The average Bonchev–Trinajstić information content (AvgIpc) is 3.02. The summed E-state index contributed by atoms with van der Waals surface area (Å²) in [5, 5.41) is 0. The first-order valence-corrected chi connectivity index (χ1v) is 9.10. The van der Waals surface area contributed by atoms with E-state index in [-0.39, 0.29) is 23.1 Å². The van der Waals surface area contributed by atoms with Crippen LogP contribution in [0.25, 0.3) is 5.65 Å². The Bertz CT molecular complexity index is 1070. The van der Waals surface area contributed by atoms with Crippen LogP contribution >= 0.6 is 0 Å². The molecule has 0 N–H and O–H groups in total. The summed E-state index contributed by atoms with van der Waals surface area (Å²) in [4.78, 5) is 20.7. The number of rotatable bonds is 2. The lowest BCUT2D eigenvalue weighted by Gasteiger charge is -2.36. The zero-order valence-electron chi connectivity index (χ0n) is 15.6. The molecule has 1 aliphatic rings. The van der Waals surface area contributed by atoms with Gasteiger partial charge in [-0.15, -0.1) is 0 Å². The first kappa shape index (κ1) is 19.2. The molecule has 0 saturated carbocycles. The van der Waals surface area contributed by atoms with E-state index in [2.05, 4.69) is 4.98 Å². The molecule has 5 nitrogen and oxygen atoms in total. The molecular formula is C20H18F4N4O. The van der Waals surface area contributed by atoms with Crippen LogP contribution < -0.4 is 4.90 Å². The monoisotopic (exact) mass is 406 g/mol. The number of fused-ring (bicyclic) bond motifs is 1. The number of anilines is 1. The van der Waals surface area contributed by atoms with Gasteiger partial charge in [0.05, 0.1) is 16.9 Å². The smallest absolute Gasteiger partial charge is 0.366 e. The largest absolute Gasteiger partial charge is 0.417 e. The van der Waals surface area contributed by atoms with Gasteiger partial charge >= 0.3 is 6.18 Å². The number of aryl methyl sites for hydroxylation is 1. The summed E-state index contributed by atoms with van der Waals surface area (Å²) in [6, 6.07) is 8.62. The first-order valence-electron chi connectivity index (χ1n) is 9.10. The van der Waals surface area contributed by atoms with Crippen molar-refractivity contribution < 1.29 is 22.4 Å². The lowest BCUT2D eigenvalue weighted by Crippen LogP contribution is -2.49. The lowest BCUT2D eigenvalue weighted by atomic mass is 10.2. The fourth-order valence-electron chi connectivity index (χ4n) is 3.60. The molecule has 0 radical (unpaired) electrons. The Hall–Kier alpha value is -3.10. The van der Waals surface area contributed by atoms with Crippen molar-refractivity contribution in [2.24, 2.45) is 0 Å². The molecular weight excluding hydrogens is 388 g/mol. The van der Waals surface area contributed by atoms with E-state index in [4.69, 9.17) is 0 Å². The maximum absolute atomic E-state index is 14.0. The van der Waals surface area contributed by atoms with Gasteiger partial charge in [0.1, 0.15) is 17.2 Å². The van der Waals surface area contributed by atoms with Crippen molar-refractivity contribution in [2.75, 3.05) is 31.1 Å². The molecule has 1 fully saturated rings. The van der Waals surface area contributed by atoms with Crippen molar-refractivity contribution in [2.45, 2.75) is 13.1 Å². The van der Waals surface area contributed by atoms with Crippen LogP contribution in [0, 0.1) is 12.7 Å². The summed E-state index contributed by atoms with van der Waals surface area (Å²) >= 11 is 0. The fourth-order valence-corrected chi connectivity index (χ4v) is 3.60. The number of para-hydroxylation sites is 1. The van der Waals surface area contributed by atoms with Gasteiger partial charge in [-0.25, -0.2) is 9.37 Å². The average molecular weight is 406 g/mol. The molecule has 3 aromatic rings. The first-order chi connectivity index (χ1) is 13.8. The molecule has 0 aliphatic carbocycles. The molecule has 0 bridgehead atoms. The van der Waals surface area contributed by atoms with Gasteiger partial charge in [0, 0.05) is 32.4 Å². The summed E-state index contributed by atoms with van der Waals surface area (Å²) < 4.78 is 54.4. The molecule has 0 unspecified atom stereocenters. The highest BCUT2D eigenvalue weighted by atomic mass is 19.4. The van der Waals surface area contributed by atoms with Gasteiger partial charge < -0.3 is 9.80 Å². The summed E-state index contributed by atoms with van der Waals surface area (Å²) in [6.45, 7) is 3.12. The number of piperazine rings is 1. The maximum atomic E-state index is 14.0. The fraction of sp³-hybridized carbons (Fsp3) is 0.300. The molecule has 0 spiro atoms. The second kappa shape index (κ2) is 7.06. The Balaban J connectivity index is 1.58. The summed E-state index contributed by atoms with van der Waals surface area (Å²) in [7, 11) is 0. The van der Waals surface area contributed by atoms with E-state index in [9.17, 15) is 22.4 Å². The van der Waals surface area contributed by atoms with Gasteiger partial charge in [-0.2, -0.15) is 13.2 Å². The number of halogens is 4. The number of hydrogen-bond donors (Lipinski definition) is 0. The lowest BCUT2D eigenvalue weighted by molar-refractivity contribution is -0.137. The molecule has 2 aromatic heterocycles. The van der Waals surface area contributed by atoms with E-state index >= 15 is 0 Å². The molecule has 152 valence electrons. The second-order valence-electron chi connectivity index (χ2n) is 6.92. The zero-order chi connectivity index (χ0) is 20.8. The van der Waals surface area contributed by atoms with E-state index in [1.165, 1.54) is 16.5 Å². The number of imidazole rings is 1. The molecule has 1 aromatic carbocycles. The topological polar surface area (TPSA) is 40.9 Å². The predicted molar refractivity (Wildman–Crippen MR) is 99.4 cm³/mol. The number of aromatic nitrogens is 2. The van der Waals surface area contributed by atoms with Crippen LogP contribution in [0.3, 0.4) is 0 Å². The van der Waals surface area contributed by atoms with Crippen LogP contribution in [0.1, 0.15) is 21.7 Å². The van der Waals surface area contributed by atoms with Crippen molar-refractivity contribution in [3.63, 3.8) is 0 Å². The van der Waals surface area contributed by atoms with Crippen molar-refractivity contribution in [1.29, 1.82) is 0 Å². The Labute approximate surface area is 164 Å². The van der Waals surface area contributed by atoms with Crippen LogP contribution in [-0.2, 0) is 6.18 Å². The van der Waals surface area contributed by atoms with Crippen molar-refractivity contribution in [3.05, 3.63) is 65.4 Å². The van der Waals surface area contributed by atoms with Crippen molar-refractivity contribution in [1.82, 2.24) is 14.3 Å². The number of hydrogen-bond acceptors (Lipinski definition) is 3. The minimum absolute atomic E-state index is 0.116. The quantitative estimate of drug-likeness (QED) is 0.609. The second-order valence-corrected chi connectivity index (χ2v) is 6.92. The maximum Gasteiger partial charge on any atom is 0.417 e. The number of amides is 1. The number of carbonyl (C=O) groups excluding carboxylic acids is 1. The summed E-state index contributed by atoms with van der Waals surface area (Å²) in [5.74, 6) is -0.716. The molecule has 1 saturated heterocycles. The van der Waals surface area contributed by atoms with Gasteiger partial charge in [0.15, 0.2) is 0 Å². The van der Waals surface area contributed by atoms with Gasteiger partial charge in [0.25, 0.3) is 5.91 Å². The molecule has 1 aliphatic heterocycles. The Morgan fingerprint density at radius 2 is 1.72 bits per heavy atom. The van der Waals surface area contributed by atoms with Crippen molar-refractivity contribution in [3.8, 4) is 0 Å². The predicted octanol–water partition coefficient (Wildman–Crippen LogP) is 3.76. The number of benzene rings is 1. The molecule has 9 heteroatoms. The number of carbonyl (C=O) groups is 1. The SMILES string of the molecule is Cc1nc2ccc(C(F)(F)F)cn2c1C(=O)N1CCN(c2ccccc2F)CC1. The van der Waals surface area contributed by atoms with E-state index in [1.807, 2.05) is 4.90 Å². The van der Waals surface area contributed by atoms with E-state index < -0.39 is 11.7 Å². The Morgan fingerprint density at radius 3 is 2.38 bits per heavy atom. The standard InChI is InChI=1S/C20H18F4N4O/c1-13-18(28-12-14(20(22,23)24)6-7-17(28)25-13)19(29)27-10-8-26(9-11-27)16-5-3-2-4-15(16)21/h2-7,12H,8-11H2,1H3. The highest BCUT2D eigenvalue weighted by Gasteiger charge is 2.32. The third-order valence-corrected chi connectivity index (χ3v) is 5.08. The third-order valence-electron chi connectivity index (χ3n) is 5.08. The molecule has 29 heavy (non-hydrogen) atoms. The van der Waals surface area contributed by atoms with Crippen LogP contribution in [0.15, 0.2) is 42.6 Å². The number of pyridine rings is 1. The van der Waals surface area contributed by atoms with Crippen molar-refractivity contribution >= 4 is 17.2 Å². The minimum atomic E-state index is -4.52. The van der Waals surface area contributed by atoms with Crippen LogP contribution in [0.4, 0.5) is 23.2 Å². The normalized spacial score (nSPS) is 15.2. The highest BCUT2D eigenvalue weighted by Crippen LogP contribution is 2.30. The minimum Gasteiger partial charge on any atom is -0.366 e. The van der Waals surface area contributed by atoms with E-state index in [0.29, 0.717) is 37.6 Å². The Morgan fingerprint density at radius 1 is 1.03 bits per heavy atom. The molecule has 1 amide bonds. The van der Waals surface area contributed by atoms with Gasteiger partial charge in [-0.3, -0.25) is 9.20 Å². The van der Waals surface area contributed by atoms with E-state index in [0.717, 1.165) is 12.3 Å².